The summed E-state index contributed by atoms with van der Waals surface area (Å²) in [7, 11) is -2.23. The first-order chi connectivity index (χ1) is 14.4. The maximum Gasteiger partial charge on any atom is 0.261 e. The fraction of sp³-hybridized carbons (Fsp3) is 0.136. The largest absolute Gasteiger partial charge is 0.493 e. The van der Waals surface area contributed by atoms with E-state index in [2.05, 4.69) is 10.0 Å². The van der Waals surface area contributed by atoms with E-state index in [1.54, 1.807) is 54.6 Å². The molecule has 0 saturated heterocycles. The molecule has 0 aliphatic carbocycles. The molecule has 0 aliphatic rings. The Morgan fingerprint density at radius 2 is 1.67 bits per heavy atom. The third-order valence-corrected chi connectivity index (χ3v) is 5.55. The molecule has 1 amide bonds. The van der Waals surface area contributed by atoms with Crippen molar-refractivity contribution in [3.63, 3.8) is 0 Å². The monoisotopic (exact) mass is 426 g/mol. The minimum absolute atomic E-state index is 0.140. The van der Waals surface area contributed by atoms with E-state index in [-0.39, 0.29) is 16.5 Å². The topological polar surface area (TPSA) is 93.7 Å². The minimum atomic E-state index is -3.75. The highest BCUT2D eigenvalue weighted by atomic mass is 32.2. The van der Waals surface area contributed by atoms with Crippen molar-refractivity contribution in [3.8, 4) is 11.5 Å². The standard InChI is InChI=1S/C22H22N2O5S/c1-3-29-20-13-12-17(15-21(20)28-2)23-22(25)16-8-7-9-18(14-16)24-30(26,27)19-10-5-4-6-11-19/h4-15,24H,3H2,1-2H3,(H,23,25). The molecule has 3 rings (SSSR count). The number of carbonyl (C=O) groups is 1. The summed E-state index contributed by atoms with van der Waals surface area (Å²) < 4.78 is 38.2. The van der Waals surface area contributed by atoms with Gasteiger partial charge in [-0.15, -0.1) is 0 Å². The van der Waals surface area contributed by atoms with Crippen molar-refractivity contribution in [1.29, 1.82) is 0 Å². The van der Waals surface area contributed by atoms with E-state index in [0.717, 1.165) is 0 Å². The summed E-state index contributed by atoms with van der Waals surface area (Å²) in [4.78, 5) is 12.8. The lowest BCUT2D eigenvalue weighted by Gasteiger charge is -2.12. The Balaban J connectivity index is 1.77. The van der Waals surface area contributed by atoms with Gasteiger partial charge in [0.2, 0.25) is 0 Å². The number of hydrogen-bond donors (Lipinski definition) is 2. The zero-order valence-electron chi connectivity index (χ0n) is 16.6. The second-order valence-corrected chi connectivity index (χ2v) is 7.93. The number of amides is 1. The van der Waals surface area contributed by atoms with Crippen LogP contribution in [0.25, 0.3) is 0 Å². The summed E-state index contributed by atoms with van der Waals surface area (Å²) in [5, 5.41) is 2.77. The van der Waals surface area contributed by atoms with Gasteiger partial charge in [-0.1, -0.05) is 24.3 Å². The number of methoxy groups -OCH3 is 1. The van der Waals surface area contributed by atoms with E-state index in [4.69, 9.17) is 9.47 Å². The number of nitrogens with one attached hydrogen (secondary N) is 2. The Labute approximate surface area is 175 Å². The van der Waals surface area contributed by atoms with E-state index in [1.165, 1.54) is 25.3 Å². The molecule has 0 radical (unpaired) electrons. The van der Waals surface area contributed by atoms with Gasteiger partial charge in [0.1, 0.15) is 0 Å². The Morgan fingerprint density at radius 1 is 0.900 bits per heavy atom. The predicted molar refractivity (Wildman–Crippen MR) is 116 cm³/mol. The number of hydrogen-bond acceptors (Lipinski definition) is 5. The molecule has 0 fully saturated rings. The van der Waals surface area contributed by atoms with Gasteiger partial charge in [0.25, 0.3) is 15.9 Å². The Kier molecular flexibility index (Phi) is 6.58. The third kappa shape index (κ3) is 5.09. The Hall–Kier alpha value is -3.52. The lowest BCUT2D eigenvalue weighted by atomic mass is 10.2. The van der Waals surface area contributed by atoms with Gasteiger partial charge in [0.05, 0.1) is 18.6 Å². The summed E-state index contributed by atoms with van der Waals surface area (Å²) in [6.07, 6.45) is 0. The number of benzene rings is 3. The van der Waals surface area contributed by atoms with E-state index in [1.807, 2.05) is 6.92 Å². The first-order valence-electron chi connectivity index (χ1n) is 9.23. The van der Waals surface area contributed by atoms with Crippen LogP contribution in [0.3, 0.4) is 0 Å². The van der Waals surface area contributed by atoms with Gasteiger partial charge < -0.3 is 14.8 Å². The first kappa shape index (κ1) is 21.2. The molecule has 3 aromatic rings. The quantitative estimate of drug-likeness (QED) is 0.564. The lowest BCUT2D eigenvalue weighted by Crippen LogP contribution is -2.15. The molecular formula is C22H22N2O5S. The molecule has 2 N–H and O–H groups in total. The van der Waals surface area contributed by atoms with Crippen LogP contribution in [-0.4, -0.2) is 28.0 Å². The highest BCUT2D eigenvalue weighted by Crippen LogP contribution is 2.30. The van der Waals surface area contributed by atoms with Gasteiger partial charge in [-0.3, -0.25) is 9.52 Å². The predicted octanol–water partition coefficient (Wildman–Crippen LogP) is 4.15. The molecule has 0 atom stereocenters. The second-order valence-electron chi connectivity index (χ2n) is 6.25. The average Bonchev–Trinajstić information content (AvgIpc) is 2.75. The SMILES string of the molecule is CCOc1ccc(NC(=O)c2cccc(NS(=O)(=O)c3ccccc3)c2)cc1OC. The fourth-order valence-corrected chi connectivity index (χ4v) is 3.83. The fourth-order valence-electron chi connectivity index (χ4n) is 2.76. The molecule has 3 aromatic carbocycles. The number of anilines is 2. The van der Waals surface area contributed by atoms with E-state index >= 15 is 0 Å². The van der Waals surface area contributed by atoms with Crippen LogP contribution in [0, 0.1) is 0 Å². The van der Waals surface area contributed by atoms with Crippen molar-refractivity contribution in [2.24, 2.45) is 0 Å². The van der Waals surface area contributed by atoms with Gasteiger partial charge in [-0.05, 0) is 49.4 Å². The van der Waals surface area contributed by atoms with Gasteiger partial charge in [0.15, 0.2) is 11.5 Å². The summed E-state index contributed by atoms with van der Waals surface area (Å²) in [5.41, 5.74) is 1.11. The molecule has 0 aromatic heterocycles. The molecule has 0 bridgehead atoms. The maximum absolute atomic E-state index is 12.7. The second kappa shape index (κ2) is 9.32. The Bertz CT molecular complexity index is 1130. The number of ether oxygens (including phenoxy) is 2. The molecule has 0 unspecified atom stereocenters. The molecule has 0 heterocycles. The van der Waals surface area contributed by atoms with Crippen LogP contribution in [0.1, 0.15) is 17.3 Å². The molecule has 0 spiro atoms. The molecule has 156 valence electrons. The zero-order valence-corrected chi connectivity index (χ0v) is 17.4. The van der Waals surface area contributed by atoms with E-state index in [9.17, 15) is 13.2 Å². The number of rotatable bonds is 8. The highest BCUT2D eigenvalue weighted by Gasteiger charge is 2.15. The van der Waals surface area contributed by atoms with E-state index in [0.29, 0.717) is 29.4 Å². The molecule has 7 nitrogen and oxygen atoms in total. The van der Waals surface area contributed by atoms with Crippen molar-refractivity contribution in [2.45, 2.75) is 11.8 Å². The molecule has 8 heteroatoms. The van der Waals surface area contributed by atoms with Crippen molar-refractivity contribution >= 4 is 27.3 Å². The summed E-state index contributed by atoms with van der Waals surface area (Å²) in [6, 6.07) is 19.3. The van der Waals surface area contributed by atoms with Crippen molar-refractivity contribution in [3.05, 3.63) is 78.4 Å². The van der Waals surface area contributed by atoms with Crippen molar-refractivity contribution in [2.75, 3.05) is 23.8 Å². The van der Waals surface area contributed by atoms with Crippen LogP contribution in [-0.2, 0) is 10.0 Å². The van der Waals surface area contributed by atoms with E-state index < -0.39 is 10.0 Å². The van der Waals surface area contributed by atoms with Crippen molar-refractivity contribution in [1.82, 2.24) is 0 Å². The normalized spacial score (nSPS) is 10.9. The molecule has 0 saturated carbocycles. The van der Waals surface area contributed by atoms with Gasteiger partial charge in [-0.2, -0.15) is 0 Å². The van der Waals surface area contributed by atoms with Crippen LogP contribution >= 0.6 is 0 Å². The van der Waals surface area contributed by atoms with Crippen LogP contribution in [0.2, 0.25) is 0 Å². The van der Waals surface area contributed by atoms with Crippen LogP contribution < -0.4 is 19.5 Å². The van der Waals surface area contributed by atoms with Crippen molar-refractivity contribution < 1.29 is 22.7 Å². The van der Waals surface area contributed by atoms with Gasteiger partial charge >= 0.3 is 0 Å². The smallest absolute Gasteiger partial charge is 0.261 e. The third-order valence-electron chi connectivity index (χ3n) is 4.15. The van der Waals surface area contributed by atoms with Crippen LogP contribution in [0.5, 0.6) is 11.5 Å². The van der Waals surface area contributed by atoms with Crippen LogP contribution in [0.4, 0.5) is 11.4 Å². The Morgan fingerprint density at radius 3 is 2.37 bits per heavy atom. The first-order valence-corrected chi connectivity index (χ1v) is 10.7. The minimum Gasteiger partial charge on any atom is -0.493 e. The van der Waals surface area contributed by atoms with Gasteiger partial charge in [-0.25, -0.2) is 8.42 Å². The van der Waals surface area contributed by atoms with Gasteiger partial charge in [0, 0.05) is 23.0 Å². The zero-order chi connectivity index (χ0) is 21.6. The van der Waals surface area contributed by atoms with Crippen LogP contribution in [0.15, 0.2) is 77.7 Å². The lowest BCUT2D eigenvalue weighted by molar-refractivity contribution is 0.102. The molecular weight excluding hydrogens is 404 g/mol. The number of sulfonamides is 1. The number of carbonyl (C=O) groups excluding carboxylic acids is 1. The summed E-state index contributed by atoms with van der Waals surface area (Å²) in [6.45, 7) is 2.36. The summed E-state index contributed by atoms with van der Waals surface area (Å²) >= 11 is 0. The molecule has 30 heavy (non-hydrogen) atoms. The summed E-state index contributed by atoms with van der Waals surface area (Å²) in [5.74, 6) is 0.691. The maximum atomic E-state index is 12.7. The highest BCUT2D eigenvalue weighted by molar-refractivity contribution is 7.92. The average molecular weight is 426 g/mol. The molecule has 0 aliphatic heterocycles.